The first-order chi connectivity index (χ1) is 12.2. The van der Waals surface area contributed by atoms with E-state index in [1.165, 1.54) is 10.8 Å². The summed E-state index contributed by atoms with van der Waals surface area (Å²) in [5, 5.41) is 12.3. The summed E-state index contributed by atoms with van der Waals surface area (Å²) < 4.78 is 5.21. The lowest BCUT2D eigenvalue weighted by molar-refractivity contribution is -0.139. The molecule has 2 aromatic carbocycles. The monoisotopic (exact) mass is 341 g/mol. The van der Waals surface area contributed by atoms with E-state index in [1.54, 1.807) is 7.11 Å². The van der Waals surface area contributed by atoms with Crippen molar-refractivity contribution in [1.82, 2.24) is 4.90 Å². The van der Waals surface area contributed by atoms with Gasteiger partial charge in [0.25, 0.3) is 0 Å². The maximum atomic E-state index is 13.0. The lowest BCUT2D eigenvalue weighted by atomic mass is 9.86. The number of nitrogens with zero attached hydrogens (tertiary/aromatic N) is 1. The topological polar surface area (TPSA) is 49.8 Å². The van der Waals surface area contributed by atoms with Crippen LogP contribution >= 0.6 is 0 Å². The van der Waals surface area contributed by atoms with Gasteiger partial charge in [0.2, 0.25) is 5.91 Å². The van der Waals surface area contributed by atoms with E-state index in [0.29, 0.717) is 26.1 Å². The summed E-state index contributed by atoms with van der Waals surface area (Å²) in [6.45, 7) is 1.67. The first kappa shape index (κ1) is 17.9. The molecule has 1 aliphatic rings. The van der Waals surface area contributed by atoms with Crippen molar-refractivity contribution in [1.29, 1.82) is 0 Å². The summed E-state index contributed by atoms with van der Waals surface area (Å²) >= 11 is 0. The molecule has 4 heteroatoms. The van der Waals surface area contributed by atoms with Crippen LogP contribution in [0.2, 0.25) is 0 Å². The number of hydrogen-bond donors (Lipinski definition) is 1. The third-order valence-electron chi connectivity index (χ3n) is 5.11. The molecular formula is C21H27NO3. The third kappa shape index (κ3) is 4.39. The molecule has 0 bridgehead atoms. The standard InChI is InChI=1S/C21H27NO3/c1-25-13-12-22(21(24)17-8-5-10-19(23)14-17)15-18-9-4-7-16-6-2-3-11-20(16)18/h2-4,6-7,9,11,17,19,23H,5,8,10,12-15H2,1H3/t17-,19-/m1/s1. The van der Waals surface area contributed by atoms with Crippen LogP contribution in [0.3, 0.4) is 0 Å². The Balaban J connectivity index is 1.81. The Kier molecular flexibility index (Phi) is 6.05. The van der Waals surface area contributed by atoms with Crippen LogP contribution in [0.5, 0.6) is 0 Å². The number of ether oxygens (including phenoxy) is 1. The second-order valence-corrected chi connectivity index (χ2v) is 6.91. The zero-order chi connectivity index (χ0) is 17.6. The molecule has 1 N–H and O–H groups in total. The largest absolute Gasteiger partial charge is 0.393 e. The van der Waals surface area contributed by atoms with Gasteiger partial charge in [0.05, 0.1) is 12.7 Å². The van der Waals surface area contributed by atoms with Crippen molar-refractivity contribution in [3.63, 3.8) is 0 Å². The minimum Gasteiger partial charge on any atom is -0.393 e. The first-order valence-corrected chi connectivity index (χ1v) is 9.11. The second-order valence-electron chi connectivity index (χ2n) is 6.91. The highest BCUT2D eigenvalue weighted by molar-refractivity contribution is 5.86. The Morgan fingerprint density at radius 3 is 2.80 bits per heavy atom. The molecule has 0 spiro atoms. The SMILES string of the molecule is COCCN(Cc1cccc2ccccc12)C(=O)[C@@H]1CCC[C@@H](O)C1. The fourth-order valence-electron chi connectivity index (χ4n) is 3.75. The van der Waals surface area contributed by atoms with Gasteiger partial charge in [-0.05, 0) is 35.6 Å². The van der Waals surface area contributed by atoms with Crippen molar-refractivity contribution in [3.05, 3.63) is 48.0 Å². The van der Waals surface area contributed by atoms with Crippen molar-refractivity contribution in [2.45, 2.75) is 38.3 Å². The molecule has 4 nitrogen and oxygen atoms in total. The lowest BCUT2D eigenvalue weighted by Gasteiger charge is -2.31. The van der Waals surface area contributed by atoms with Crippen LogP contribution in [0.15, 0.2) is 42.5 Å². The Morgan fingerprint density at radius 2 is 2.00 bits per heavy atom. The zero-order valence-corrected chi connectivity index (χ0v) is 14.9. The molecule has 2 aromatic rings. The molecule has 134 valence electrons. The highest BCUT2D eigenvalue weighted by Gasteiger charge is 2.29. The van der Waals surface area contributed by atoms with Gasteiger partial charge in [0.15, 0.2) is 0 Å². The van der Waals surface area contributed by atoms with Gasteiger partial charge in [-0.25, -0.2) is 0 Å². The van der Waals surface area contributed by atoms with E-state index >= 15 is 0 Å². The number of carbonyl (C=O) groups excluding carboxylic acids is 1. The van der Waals surface area contributed by atoms with Crippen LogP contribution in [0.1, 0.15) is 31.2 Å². The van der Waals surface area contributed by atoms with E-state index in [1.807, 2.05) is 23.1 Å². The molecule has 0 heterocycles. The first-order valence-electron chi connectivity index (χ1n) is 9.11. The zero-order valence-electron chi connectivity index (χ0n) is 14.9. The van der Waals surface area contributed by atoms with Crippen molar-refractivity contribution < 1.29 is 14.6 Å². The number of aliphatic hydroxyl groups is 1. The van der Waals surface area contributed by atoms with Crippen LogP contribution < -0.4 is 0 Å². The van der Waals surface area contributed by atoms with E-state index in [0.717, 1.165) is 24.8 Å². The van der Waals surface area contributed by atoms with Crippen LogP contribution in [0, 0.1) is 5.92 Å². The number of benzene rings is 2. The van der Waals surface area contributed by atoms with Gasteiger partial charge in [0.1, 0.15) is 0 Å². The molecule has 0 radical (unpaired) electrons. The molecule has 0 aromatic heterocycles. The molecule has 2 atom stereocenters. The number of rotatable bonds is 6. The van der Waals surface area contributed by atoms with Gasteiger partial charge >= 0.3 is 0 Å². The highest BCUT2D eigenvalue weighted by atomic mass is 16.5. The van der Waals surface area contributed by atoms with Crippen molar-refractivity contribution in [2.24, 2.45) is 5.92 Å². The Morgan fingerprint density at radius 1 is 1.20 bits per heavy atom. The summed E-state index contributed by atoms with van der Waals surface area (Å²) in [6.07, 6.45) is 2.84. The minimum atomic E-state index is -0.343. The number of hydrogen-bond acceptors (Lipinski definition) is 3. The van der Waals surface area contributed by atoms with E-state index in [2.05, 4.69) is 24.3 Å². The van der Waals surface area contributed by atoms with Gasteiger partial charge < -0.3 is 14.7 Å². The Labute approximate surface area is 149 Å². The van der Waals surface area contributed by atoms with Crippen LogP contribution in [-0.4, -0.2) is 42.3 Å². The number of fused-ring (bicyclic) bond motifs is 1. The van der Waals surface area contributed by atoms with Gasteiger partial charge in [-0.3, -0.25) is 4.79 Å². The normalized spacial score (nSPS) is 20.6. The van der Waals surface area contributed by atoms with Gasteiger partial charge in [-0.15, -0.1) is 0 Å². The number of methoxy groups -OCH3 is 1. The molecule has 0 aliphatic heterocycles. The average Bonchev–Trinajstić information content (AvgIpc) is 2.64. The average molecular weight is 341 g/mol. The summed E-state index contributed by atoms with van der Waals surface area (Å²) in [5.41, 5.74) is 1.15. The van der Waals surface area contributed by atoms with Crippen LogP contribution in [0.25, 0.3) is 10.8 Å². The molecule has 25 heavy (non-hydrogen) atoms. The molecule has 3 rings (SSSR count). The van der Waals surface area contributed by atoms with Crippen molar-refractivity contribution >= 4 is 16.7 Å². The fraction of sp³-hybridized carbons (Fsp3) is 0.476. The second kappa shape index (κ2) is 8.45. The molecule has 1 fully saturated rings. The number of amides is 1. The van der Waals surface area contributed by atoms with Crippen molar-refractivity contribution in [3.8, 4) is 0 Å². The number of carbonyl (C=O) groups is 1. The Bertz CT molecular complexity index is 710. The minimum absolute atomic E-state index is 0.0735. The van der Waals surface area contributed by atoms with E-state index < -0.39 is 0 Å². The Hall–Kier alpha value is -1.91. The van der Waals surface area contributed by atoms with Crippen LogP contribution in [0.4, 0.5) is 0 Å². The quantitative estimate of drug-likeness (QED) is 0.876. The summed E-state index contributed by atoms with van der Waals surface area (Å²) in [5.74, 6) is 0.0688. The van der Waals surface area contributed by atoms with Gasteiger partial charge in [0, 0.05) is 26.1 Å². The summed E-state index contributed by atoms with van der Waals surface area (Å²) in [7, 11) is 1.66. The van der Waals surface area contributed by atoms with E-state index in [9.17, 15) is 9.90 Å². The molecule has 1 amide bonds. The number of aliphatic hydroxyl groups excluding tert-OH is 1. The molecule has 0 saturated heterocycles. The lowest BCUT2D eigenvalue weighted by Crippen LogP contribution is -2.40. The fourth-order valence-corrected chi connectivity index (χ4v) is 3.75. The third-order valence-corrected chi connectivity index (χ3v) is 5.11. The van der Waals surface area contributed by atoms with Gasteiger partial charge in [-0.2, -0.15) is 0 Å². The maximum Gasteiger partial charge on any atom is 0.226 e. The molecule has 0 unspecified atom stereocenters. The summed E-state index contributed by atoms with van der Waals surface area (Å²) in [6, 6.07) is 14.5. The van der Waals surface area contributed by atoms with E-state index in [-0.39, 0.29) is 17.9 Å². The van der Waals surface area contributed by atoms with Crippen molar-refractivity contribution in [2.75, 3.05) is 20.3 Å². The van der Waals surface area contributed by atoms with Crippen LogP contribution in [-0.2, 0) is 16.1 Å². The summed E-state index contributed by atoms with van der Waals surface area (Å²) in [4.78, 5) is 14.9. The maximum absolute atomic E-state index is 13.0. The smallest absolute Gasteiger partial charge is 0.226 e. The molecular weight excluding hydrogens is 314 g/mol. The van der Waals surface area contributed by atoms with Gasteiger partial charge in [-0.1, -0.05) is 48.9 Å². The predicted octanol–water partition coefficient (Wildman–Crippen LogP) is 3.37. The molecule has 1 aliphatic carbocycles. The molecule has 1 saturated carbocycles. The predicted molar refractivity (Wildman–Crippen MR) is 99.2 cm³/mol. The van der Waals surface area contributed by atoms with E-state index in [4.69, 9.17) is 4.74 Å². The highest BCUT2D eigenvalue weighted by Crippen LogP contribution is 2.27.